The molecule has 2 heterocycles. The van der Waals surface area contributed by atoms with E-state index in [1.54, 1.807) is 0 Å². The summed E-state index contributed by atoms with van der Waals surface area (Å²) < 4.78 is 23.1. The third-order valence-corrected chi connectivity index (χ3v) is 5.25. The lowest BCUT2D eigenvalue weighted by atomic mass is 10.0. The van der Waals surface area contributed by atoms with Gasteiger partial charge in [0.2, 0.25) is 0 Å². The first kappa shape index (κ1) is 7.35. The SMILES string of the molecule is O=S1(=O)[C@H]2CC=C[C@@H]1CCC2. The van der Waals surface area contributed by atoms with E-state index in [0.29, 0.717) is 0 Å². The molecule has 2 aliphatic rings. The summed E-state index contributed by atoms with van der Waals surface area (Å²) in [5, 5.41) is -0.193. The van der Waals surface area contributed by atoms with Gasteiger partial charge < -0.3 is 0 Å². The number of hydrogen-bond acceptors (Lipinski definition) is 2. The topological polar surface area (TPSA) is 34.1 Å². The molecule has 0 aromatic heterocycles. The summed E-state index contributed by atoms with van der Waals surface area (Å²) in [6.07, 6.45) is 7.44. The van der Waals surface area contributed by atoms with Crippen LogP contribution in [0.25, 0.3) is 0 Å². The van der Waals surface area contributed by atoms with Gasteiger partial charge in [-0.2, -0.15) is 0 Å². The molecule has 0 aliphatic carbocycles. The monoisotopic (exact) mass is 172 g/mol. The fraction of sp³-hybridized carbons (Fsp3) is 0.750. The third-order valence-electron chi connectivity index (χ3n) is 2.65. The molecule has 2 bridgehead atoms. The number of fused-ring (bicyclic) bond motifs is 2. The molecule has 2 nitrogen and oxygen atoms in total. The second kappa shape index (κ2) is 2.34. The third kappa shape index (κ3) is 1.02. The van der Waals surface area contributed by atoms with Gasteiger partial charge in [0.05, 0.1) is 10.5 Å². The Bertz CT molecular complexity index is 276. The number of rotatable bonds is 0. The van der Waals surface area contributed by atoms with Gasteiger partial charge in [-0.05, 0) is 19.3 Å². The quantitative estimate of drug-likeness (QED) is 0.516. The van der Waals surface area contributed by atoms with Crippen molar-refractivity contribution in [1.82, 2.24) is 0 Å². The fourth-order valence-electron chi connectivity index (χ4n) is 1.96. The predicted octanol–water partition coefficient (Wildman–Crippen LogP) is 1.28. The van der Waals surface area contributed by atoms with Crippen LogP contribution < -0.4 is 0 Å². The molecule has 1 saturated heterocycles. The van der Waals surface area contributed by atoms with Crippen LogP contribution >= 0.6 is 0 Å². The van der Waals surface area contributed by atoms with Crippen LogP contribution in [0.15, 0.2) is 12.2 Å². The van der Waals surface area contributed by atoms with Crippen LogP contribution in [0.4, 0.5) is 0 Å². The molecule has 0 radical (unpaired) electrons. The van der Waals surface area contributed by atoms with E-state index >= 15 is 0 Å². The van der Waals surface area contributed by atoms with Gasteiger partial charge in [0.25, 0.3) is 0 Å². The van der Waals surface area contributed by atoms with E-state index in [0.717, 1.165) is 25.7 Å². The van der Waals surface area contributed by atoms with Gasteiger partial charge in [0.1, 0.15) is 0 Å². The van der Waals surface area contributed by atoms with Crippen molar-refractivity contribution in [1.29, 1.82) is 0 Å². The number of hydrogen-bond donors (Lipinski definition) is 0. The van der Waals surface area contributed by atoms with Gasteiger partial charge in [-0.1, -0.05) is 18.6 Å². The molecular weight excluding hydrogens is 160 g/mol. The minimum absolute atomic E-state index is 0.0498. The minimum atomic E-state index is -2.75. The molecule has 0 amide bonds. The molecule has 2 rings (SSSR count). The Morgan fingerprint density at radius 2 is 2.09 bits per heavy atom. The van der Waals surface area contributed by atoms with Crippen LogP contribution in [0.3, 0.4) is 0 Å². The Morgan fingerprint density at radius 1 is 1.27 bits per heavy atom. The van der Waals surface area contributed by atoms with Gasteiger partial charge in [0, 0.05) is 0 Å². The van der Waals surface area contributed by atoms with Crippen LogP contribution in [-0.4, -0.2) is 18.9 Å². The van der Waals surface area contributed by atoms with Crippen molar-refractivity contribution < 1.29 is 8.42 Å². The van der Waals surface area contributed by atoms with Crippen molar-refractivity contribution in [2.45, 2.75) is 36.2 Å². The Hall–Kier alpha value is -0.310. The lowest BCUT2D eigenvalue weighted by Crippen LogP contribution is -2.37. The highest BCUT2D eigenvalue weighted by atomic mass is 32.2. The Labute approximate surface area is 67.2 Å². The first-order chi connectivity index (χ1) is 5.21. The zero-order valence-corrected chi connectivity index (χ0v) is 7.18. The van der Waals surface area contributed by atoms with E-state index in [4.69, 9.17) is 0 Å². The molecule has 62 valence electrons. The molecule has 2 atom stereocenters. The highest BCUT2D eigenvalue weighted by Crippen LogP contribution is 2.32. The molecule has 11 heavy (non-hydrogen) atoms. The molecule has 0 aromatic rings. The second-order valence-electron chi connectivity index (χ2n) is 3.34. The maximum Gasteiger partial charge on any atom is 0.159 e. The van der Waals surface area contributed by atoms with Gasteiger partial charge in [0.15, 0.2) is 9.84 Å². The summed E-state index contributed by atoms with van der Waals surface area (Å²) in [7, 11) is -2.75. The van der Waals surface area contributed by atoms with Crippen molar-refractivity contribution in [3.63, 3.8) is 0 Å². The van der Waals surface area contributed by atoms with E-state index in [9.17, 15) is 8.42 Å². The van der Waals surface area contributed by atoms with Crippen molar-refractivity contribution in [3.8, 4) is 0 Å². The van der Waals surface area contributed by atoms with Crippen molar-refractivity contribution in [3.05, 3.63) is 12.2 Å². The van der Waals surface area contributed by atoms with Crippen LogP contribution in [0.2, 0.25) is 0 Å². The van der Waals surface area contributed by atoms with Crippen molar-refractivity contribution in [2.24, 2.45) is 0 Å². The van der Waals surface area contributed by atoms with E-state index in [-0.39, 0.29) is 10.5 Å². The number of sulfone groups is 1. The molecule has 3 heteroatoms. The van der Waals surface area contributed by atoms with Gasteiger partial charge >= 0.3 is 0 Å². The lowest BCUT2D eigenvalue weighted by Gasteiger charge is -2.30. The Balaban J connectivity index is 2.43. The Kier molecular flexibility index (Phi) is 1.56. The summed E-state index contributed by atoms with van der Waals surface area (Å²) in [5.74, 6) is 0. The van der Waals surface area contributed by atoms with Crippen molar-refractivity contribution >= 4 is 9.84 Å². The fourth-order valence-corrected chi connectivity index (χ4v) is 4.16. The molecule has 2 aliphatic heterocycles. The first-order valence-corrected chi connectivity index (χ1v) is 5.71. The zero-order valence-electron chi connectivity index (χ0n) is 6.36. The second-order valence-corrected chi connectivity index (χ2v) is 5.79. The highest BCUT2D eigenvalue weighted by Gasteiger charge is 2.37. The van der Waals surface area contributed by atoms with Crippen LogP contribution in [-0.2, 0) is 9.84 Å². The van der Waals surface area contributed by atoms with E-state index in [2.05, 4.69) is 0 Å². The summed E-state index contributed by atoms with van der Waals surface area (Å²) >= 11 is 0. The molecule has 0 saturated carbocycles. The molecule has 0 unspecified atom stereocenters. The van der Waals surface area contributed by atoms with E-state index in [1.807, 2.05) is 12.2 Å². The maximum atomic E-state index is 11.5. The summed E-state index contributed by atoms with van der Waals surface area (Å²) in [6.45, 7) is 0. The average molecular weight is 172 g/mol. The molecule has 0 aromatic carbocycles. The van der Waals surface area contributed by atoms with Gasteiger partial charge in [-0.25, -0.2) is 8.42 Å². The standard InChI is InChI=1S/C8H12O2S/c9-11(10)7-3-1-4-8(11)6-2-5-7/h1,3,7-8H,2,4-6H2/t7-,8+/m1/s1. The minimum Gasteiger partial charge on any atom is -0.228 e. The predicted molar refractivity (Wildman–Crippen MR) is 44.1 cm³/mol. The summed E-state index contributed by atoms with van der Waals surface area (Å²) in [6, 6.07) is 0. The Morgan fingerprint density at radius 3 is 2.73 bits per heavy atom. The normalized spacial score (nSPS) is 40.4. The lowest BCUT2D eigenvalue weighted by molar-refractivity contribution is 0.515. The molecule has 0 N–H and O–H groups in total. The van der Waals surface area contributed by atoms with Gasteiger partial charge in [-0.15, -0.1) is 0 Å². The highest BCUT2D eigenvalue weighted by molar-refractivity contribution is 7.92. The maximum absolute atomic E-state index is 11.5. The molecular formula is C8H12O2S. The molecule has 0 spiro atoms. The largest absolute Gasteiger partial charge is 0.228 e. The van der Waals surface area contributed by atoms with Crippen LogP contribution in [0, 0.1) is 0 Å². The van der Waals surface area contributed by atoms with Crippen LogP contribution in [0.1, 0.15) is 25.7 Å². The van der Waals surface area contributed by atoms with E-state index in [1.165, 1.54) is 0 Å². The summed E-state index contributed by atoms with van der Waals surface area (Å²) in [5.41, 5.74) is 0. The smallest absolute Gasteiger partial charge is 0.159 e. The zero-order chi connectivity index (χ0) is 7.90. The first-order valence-electron chi connectivity index (χ1n) is 4.10. The molecule has 1 fully saturated rings. The summed E-state index contributed by atoms with van der Waals surface area (Å²) in [4.78, 5) is 0. The van der Waals surface area contributed by atoms with Gasteiger partial charge in [-0.3, -0.25) is 0 Å². The number of allylic oxidation sites excluding steroid dienone is 1. The van der Waals surface area contributed by atoms with Crippen molar-refractivity contribution in [2.75, 3.05) is 0 Å². The van der Waals surface area contributed by atoms with Crippen LogP contribution in [0.5, 0.6) is 0 Å². The average Bonchev–Trinajstić information content (AvgIpc) is 1.82. The van der Waals surface area contributed by atoms with E-state index < -0.39 is 9.84 Å².